The zero-order valence-corrected chi connectivity index (χ0v) is 15.8. The fraction of sp³-hybridized carbons (Fsp3) is 0.364. The summed E-state index contributed by atoms with van der Waals surface area (Å²) in [6, 6.07) is 19.4. The molecule has 0 aromatic heterocycles. The first kappa shape index (κ1) is 20.6. The lowest BCUT2D eigenvalue weighted by Gasteiger charge is -2.22. The quantitative estimate of drug-likeness (QED) is 0.284. The summed E-state index contributed by atoms with van der Waals surface area (Å²) < 4.78 is 11.4. The van der Waals surface area contributed by atoms with Gasteiger partial charge in [0.15, 0.2) is 0 Å². The number of rotatable bonds is 10. The Balaban J connectivity index is 1.97. The summed E-state index contributed by atoms with van der Waals surface area (Å²) in [6.45, 7) is 4.16. The van der Waals surface area contributed by atoms with E-state index in [0.717, 1.165) is 11.1 Å². The van der Waals surface area contributed by atoms with Gasteiger partial charge in [-0.1, -0.05) is 60.7 Å². The Kier molecular flexibility index (Phi) is 8.52. The van der Waals surface area contributed by atoms with Gasteiger partial charge in [-0.25, -0.2) is 0 Å². The molecular formula is C22H27NO4. The summed E-state index contributed by atoms with van der Waals surface area (Å²) in [4.78, 5) is 12.4. The first-order chi connectivity index (χ1) is 13.1. The van der Waals surface area contributed by atoms with Crippen LogP contribution < -0.4 is 0 Å². The molecule has 0 saturated heterocycles. The molecule has 0 bridgehead atoms. The molecule has 0 heterocycles. The van der Waals surface area contributed by atoms with Gasteiger partial charge in [0.2, 0.25) is 0 Å². The molecule has 0 aliphatic heterocycles. The zero-order chi connectivity index (χ0) is 19.5. The number of nitrogens with zero attached hydrogens (tertiary/aromatic N) is 1. The molecule has 0 spiro atoms. The van der Waals surface area contributed by atoms with Gasteiger partial charge in [0, 0.05) is 0 Å². The van der Waals surface area contributed by atoms with Crippen LogP contribution in [0.2, 0.25) is 0 Å². The number of hydrogen-bond acceptors (Lipinski definition) is 5. The minimum absolute atomic E-state index is 0.0604. The van der Waals surface area contributed by atoms with E-state index in [0.29, 0.717) is 12.8 Å². The van der Waals surface area contributed by atoms with E-state index in [1.54, 1.807) is 0 Å². The number of benzene rings is 2. The van der Waals surface area contributed by atoms with Gasteiger partial charge in [-0.3, -0.25) is 4.79 Å². The highest BCUT2D eigenvalue weighted by atomic mass is 16.5. The monoisotopic (exact) mass is 369 g/mol. The van der Waals surface area contributed by atoms with Crippen molar-refractivity contribution in [3.63, 3.8) is 0 Å². The van der Waals surface area contributed by atoms with Crippen molar-refractivity contribution in [1.29, 1.82) is 0 Å². The fourth-order valence-corrected chi connectivity index (χ4v) is 2.81. The average molecular weight is 369 g/mol. The number of carbonyl (C=O) groups excluding carboxylic acids is 1. The van der Waals surface area contributed by atoms with E-state index < -0.39 is 11.9 Å². The van der Waals surface area contributed by atoms with Gasteiger partial charge in [-0.15, -0.1) is 5.16 Å². The van der Waals surface area contributed by atoms with Gasteiger partial charge in [-0.05, 0) is 37.8 Å². The van der Waals surface area contributed by atoms with Crippen LogP contribution in [0.1, 0.15) is 43.9 Å². The van der Waals surface area contributed by atoms with Crippen molar-refractivity contribution in [3.8, 4) is 0 Å². The molecule has 0 saturated carbocycles. The molecule has 2 unspecified atom stereocenters. The third kappa shape index (κ3) is 7.23. The topological polar surface area (TPSA) is 68.1 Å². The van der Waals surface area contributed by atoms with E-state index in [9.17, 15) is 4.79 Å². The zero-order valence-electron chi connectivity index (χ0n) is 15.8. The molecule has 2 aromatic carbocycles. The van der Waals surface area contributed by atoms with E-state index in [-0.39, 0.29) is 18.8 Å². The molecule has 5 nitrogen and oxygen atoms in total. The molecule has 2 atom stereocenters. The van der Waals surface area contributed by atoms with E-state index in [2.05, 4.69) is 5.16 Å². The van der Waals surface area contributed by atoms with Gasteiger partial charge in [0.1, 0.15) is 6.61 Å². The van der Waals surface area contributed by atoms with E-state index in [4.69, 9.17) is 14.7 Å². The Bertz CT molecular complexity index is 701. The maximum Gasteiger partial charge on any atom is 0.314 e. The van der Waals surface area contributed by atoms with Crippen LogP contribution in [0.5, 0.6) is 0 Å². The molecule has 5 heteroatoms. The molecule has 0 amide bonds. The Morgan fingerprint density at radius 1 is 1.04 bits per heavy atom. The fourth-order valence-electron chi connectivity index (χ4n) is 2.81. The standard InChI is InChI=1S/C22H27NO4/c1-17(2)27-21(19-11-7-4-8-12-19)14-13-20(15-23-25)22(24)26-16-18-9-5-3-6-10-18/h3-12,15,17,20-21,25H,13-14,16H2,1-2H3/b23-15-. The second kappa shape index (κ2) is 11.1. The average Bonchev–Trinajstić information content (AvgIpc) is 2.69. The van der Waals surface area contributed by atoms with Crippen molar-refractivity contribution in [2.24, 2.45) is 11.1 Å². The van der Waals surface area contributed by atoms with Crippen molar-refractivity contribution in [2.75, 3.05) is 0 Å². The van der Waals surface area contributed by atoms with Crippen molar-refractivity contribution in [1.82, 2.24) is 0 Å². The second-order valence-electron chi connectivity index (χ2n) is 6.63. The lowest BCUT2D eigenvalue weighted by molar-refractivity contribution is -0.147. The van der Waals surface area contributed by atoms with Crippen molar-refractivity contribution in [3.05, 3.63) is 71.8 Å². The summed E-state index contributed by atoms with van der Waals surface area (Å²) in [6.07, 6.45) is 2.22. The maximum atomic E-state index is 12.4. The molecule has 144 valence electrons. The lowest BCUT2D eigenvalue weighted by atomic mass is 9.98. The van der Waals surface area contributed by atoms with Crippen LogP contribution in [0.25, 0.3) is 0 Å². The van der Waals surface area contributed by atoms with Crippen LogP contribution in [-0.4, -0.2) is 23.5 Å². The first-order valence-corrected chi connectivity index (χ1v) is 9.18. The Labute approximate surface area is 160 Å². The predicted octanol–water partition coefficient (Wildman–Crippen LogP) is 4.75. The van der Waals surface area contributed by atoms with Crippen molar-refractivity contribution >= 4 is 12.2 Å². The van der Waals surface area contributed by atoms with Crippen molar-refractivity contribution in [2.45, 2.75) is 45.5 Å². The van der Waals surface area contributed by atoms with Crippen LogP contribution in [0, 0.1) is 5.92 Å². The van der Waals surface area contributed by atoms with E-state index in [1.807, 2.05) is 74.5 Å². The molecular weight excluding hydrogens is 342 g/mol. The third-order valence-corrected chi connectivity index (χ3v) is 4.12. The van der Waals surface area contributed by atoms with Crippen LogP contribution in [0.4, 0.5) is 0 Å². The molecule has 2 rings (SSSR count). The molecule has 1 N–H and O–H groups in total. The van der Waals surface area contributed by atoms with Crippen molar-refractivity contribution < 1.29 is 19.5 Å². The van der Waals surface area contributed by atoms with Gasteiger partial charge in [0.05, 0.1) is 24.3 Å². The summed E-state index contributed by atoms with van der Waals surface area (Å²) >= 11 is 0. The normalized spacial score (nSPS) is 13.6. The molecule has 0 aliphatic carbocycles. The van der Waals surface area contributed by atoms with Gasteiger partial charge < -0.3 is 14.7 Å². The van der Waals surface area contributed by atoms with Gasteiger partial charge in [0.25, 0.3) is 0 Å². The largest absolute Gasteiger partial charge is 0.460 e. The summed E-state index contributed by atoms with van der Waals surface area (Å²) in [7, 11) is 0. The van der Waals surface area contributed by atoms with E-state index in [1.165, 1.54) is 6.21 Å². The minimum atomic E-state index is -0.624. The summed E-state index contributed by atoms with van der Waals surface area (Å²) in [5, 5.41) is 12.0. The van der Waals surface area contributed by atoms with Crippen LogP contribution in [0.15, 0.2) is 65.8 Å². The van der Waals surface area contributed by atoms with Gasteiger partial charge >= 0.3 is 5.97 Å². The van der Waals surface area contributed by atoms with Gasteiger partial charge in [-0.2, -0.15) is 0 Å². The highest BCUT2D eigenvalue weighted by Crippen LogP contribution is 2.26. The third-order valence-electron chi connectivity index (χ3n) is 4.12. The highest BCUT2D eigenvalue weighted by molar-refractivity contribution is 5.89. The Hall–Kier alpha value is -2.66. The van der Waals surface area contributed by atoms with Crippen LogP contribution in [-0.2, 0) is 20.9 Å². The summed E-state index contributed by atoms with van der Waals surface area (Å²) in [5.74, 6) is -1.03. The van der Waals surface area contributed by atoms with Crippen LogP contribution >= 0.6 is 0 Å². The van der Waals surface area contributed by atoms with Crippen LogP contribution in [0.3, 0.4) is 0 Å². The molecule has 0 radical (unpaired) electrons. The first-order valence-electron chi connectivity index (χ1n) is 9.18. The number of ether oxygens (including phenoxy) is 2. The molecule has 2 aromatic rings. The number of esters is 1. The molecule has 0 fully saturated rings. The maximum absolute atomic E-state index is 12.4. The second-order valence-corrected chi connectivity index (χ2v) is 6.63. The SMILES string of the molecule is CC(C)OC(CCC(/C=N\O)C(=O)OCc1ccccc1)c1ccccc1. The summed E-state index contributed by atoms with van der Waals surface area (Å²) in [5.41, 5.74) is 1.97. The number of oxime groups is 1. The Morgan fingerprint density at radius 3 is 2.26 bits per heavy atom. The minimum Gasteiger partial charge on any atom is -0.460 e. The highest BCUT2D eigenvalue weighted by Gasteiger charge is 2.22. The molecule has 27 heavy (non-hydrogen) atoms. The lowest BCUT2D eigenvalue weighted by Crippen LogP contribution is -2.21. The number of hydrogen-bond donors (Lipinski definition) is 1. The van der Waals surface area contributed by atoms with E-state index >= 15 is 0 Å². The number of carbonyl (C=O) groups is 1. The smallest absolute Gasteiger partial charge is 0.314 e. The predicted molar refractivity (Wildman–Crippen MR) is 105 cm³/mol. The molecule has 0 aliphatic rings. The Morgan fingerprint density at radius 2 is 1.67 bits per heavy atom.